The predicted octanol–water partition coefficient (Wildman–Crippen LogP) is 2.67. The molecule has 0 unspecified atom stereocenters. The summed E-state index contributed by atoms with van der Waals surface area (Å²) in [4.78, 5) is 5.30. The van der Waals surface area contributed by atoms with Crippen LogP contribution >= 0.6 is 11.3 Å². The molecule has 114 valence electrons. The molecular formula is C14H19N3O2S2. The monoisotopic (exact) mass is 325 g/mol. The molecule has 0 saturated carbocycles. The van der Waals surface area contributed by atoms with E-state index in [4.69, 9.17) is 0 Å². The van der Waals surface area contributed by atoms with E-state index in [1.165, 1.54) is 11.3 Å². The summed E-state index contributed by atoms with van der Waals surface area (Å²) in [6, 6.07) is 5.47. The molecule has 7 heteroatoms. The molecule has 2 N–H and O–H groups in total. The van der Waals surface area contributed by atoms with Crippen LogP contribution in [0.15, 0.2) is 29.3 Å². The molecule has 0 saturated heterocycles. The first-order valence-electron chi connectivity index (χ1n) is 6.68. The van der Waals surface area contributed by atoms with Gasteiger partial charge in [-0.2, -0.15) is 0 Å². The number of hydrogen-bond donors (Lipinski definition) is 2. The van der Waals surface area contributed by atoms with Crippen LogP contribution in [0.3, 0.4) is 0 Å². The normalized spacial score (nSPS) is 11.6. The first-order valence-corrected chi connectivity index (χ1v) is 8.98. The van der Waals surface area contributed by atoms with Crippen LogP contribution in [0.4, 0.5) is 5.13 Å². The lowest BCUT2D eigenvalue weighted by atomic mass is 10.1. The molecule has 0 aliphatic heterocycles. The van der Waals surface area contributed by atoms with Gasteiger partial charge in [0.15, 0.2) is 5.13 Å². The molecule has 2 aromatic rings. The van der Waals surface area contributed by atoms with E-state index >= 15 is 0 Å². The summed E-state index contributed by atoms with van der Waals surface area (Å²) in [7, 11) is -3.61. The van der Waals surface area contributed by atoms with Gasteiger partial charge >= 0.3 is 0 Å². The number of benzene rings is 1. The van der Waals surface area contributed by atoms with Crippen LogP contribution in [0, 0.1) is 13.8 Å². The minimum atomic E-state index is -3.61. The van der Waals surface area contributed by atoms with Crippen LogP contribution in [0.5, 0.6) is 0 Å². The number of aryl methyl sites for hydroxylation is 2. The lowest BCUT2D eigenvalue weighted by Crippen LogP contribution is -2.16. The summed E-state index contributed by atoms with van der Waals surface area (Å²) in [6.45, 7) is 7.18. The highest BCUT2D eigenvalue weighted by Gasteiger charge is 2.18. The van der Waals surface area contributed by atoms with E-state index in [-0.39, 0.29) is 0 Å². The van der Waals surface area contributed by atoms with Gasteiger partial charge in [-0.1, -0.05) is 19.1 Å². The van der Waals surface area contributed by atoms with E-state index in [0.717, 1.165) is 22.5 Å². The van der Waals surface area contributed by atoms with E-state index in [2.05, 4.69) is 15.0 Å². The van der Waals surface area contributed by atoms with E-state index in [1.54, 1.807) is 19.2 Å². The molecule has 2 rings (SSSR count). The maximum absolute atomic E-state index is 12.5. The van der Waals surface area contributed by atoms with Crippen molar-refractivity contribution in [1.29, 1.82) is 0 Å². The minimum absolute atomic E-state index is 0.297. The van der Waals surface area contributed by atoms with E-state index in [1.807, 2.05) is 26.0 Å². The van der Waals surface area contributed by atoms with Gasteiger partial charge < -0.3 is 5.32 Å². The van der Waals surface area contributed by atoms with Crippen molar-refractivity contribution in [1.82, 2.24) is 10.3 Å². The van der Waals surface area contributed by atoms with Crippen molar-refractivity contribution in [3.63, 3.8) is 0 Å². The molecule has 1 aromatic heterocycles. The van der Waals surface area contributed by atoms with Gasteiger partial charge in [0.05, 0.1) is 4.90 Å². The Balaban J connectivity index is 2.30. The fraction of sp³-hybridized carbons (Fsp3) is 0.357. The maximum atomic E-state index is 12.5. The Bertz CT molecular complexity index is 724. The topological polar surface area (TPSA) is 71.1 Å². The van der Waals surface area contributed by atoms with Crippen molar-refractivity contribution in [2.45, 2.75) is 32.2 Å². The van der Waals surface area contributed by atoms with Crippen molar-refractivity contribution in [2.75, 3.05) is 11.3 Å². The van der Waals surface area contributed by atoms with Gasteiger partial charge in [-0.25, -0.2) is 13.4 Å². The Labute approximate surface area is 129 Å². The molecular weight excluding hydrogens is 306 g/mol. The third kappa shape index (κ3) is 4.03. The summed E-state index contributed by atoms with van der Waals surface area (Å²) in [5.41, 5.74) is 1.66. The number of thiazole rings is 1. The van der Waals surface area contributed by atoms with Crippen molar-refractivity contribution >= 4 is 26.5 Å². The molecule has 0 atom stereocenters. The van der Waals surface area contributed by atoms with Crippen LogP contribution in [0.25, 0.3) is 0 Å². The highest BCUT2D eigenvalue weighted by atomic mass is 32.2. The number of nitrogens with one attached hydrogen (secondary N) is 2. The van der Waals surface area contributed by atoms with Gasteiger partial charge in [0.1, 0.15) is 0 Å². The van der Waals surface area contributed by atoms with Crippen molar-refractivity contribution in [3.05, 3.63) is 40.4 Å². The van der Waals surface area contributed by atoms with E-state index in [9.17, 15) is 8.42 Å². The summed E-state index contributed by atoms with van der Waals surface area (Å²) in [6.07, 6.45) is 1.65. The van der Waals surface area contributed by atoms with Crippen molar-refractivity contribution in [2.24, 2.45) is 0 Å². The largest absolute Gasteiger partial charge is 0.313 e. The number of aromatic nitrogens is 1. The van der Waals surface area contributed by atoms with Crippen LogP contribution in [-0.2, 0) is 16.6 Å². The van der Waals surface area contributed by atoms with Crippen LogP contribution in [-0.4, -0.2) is 19.9 Å². The molecule has 1 heterocycles. The second-order valence-corrected chi connectivity index (χ2v) is 7.65. The van der Waals surface area contributed by atoms with Crippen LogP contribution < -0.4 is 10.0 Å². The van der Waals surface area contributed by atoms with Crippen molar-refractivity contribution < 1.29 is 8.42 Å². The molecule has 0 bridgehead atoms. The Morgan fingerprint density at radius 3 is 2.67 bits per heavy atom. The van der Waals surface area contributed by atoms with E-state index < -0.39 is 10.0 Å². The molecule has 21 heavy (non-hydrogen) atoms. The quantitative estimate of drug-likeness (QED) is 0.856. The number of sulfonamides is 1. The van der Waals surface area contributed by atoms with Crippen molar-refractivity contribution in [3.8, 4) is 0 Å². The first-order chi connectivity index (χ1) is 9.92. The zero-order valence-corrected chi connectivity index (χ0v) is 13.9. The minimum Gasteiger partial charge on any atom is -0.313 e. The van der Waals surface area contributed by atoms with Gasteiger partial charge in [0.25, 0.3) is 10.0 Å². The Hall–Kier alpha value is -1.44. The van der Waals surface area contributed by atoms with Gasteiger partial charge in [-0.15, -0.1) is 11.3 Å². The molecule has 0 fully saturated rings. The standard InChI is InChI=1S/C14H19N3O2S2/c1-4-15-9-12-6-5-10(2)13(7-12)21(18,19)17-14-16-8-11(3)20-14/h5-8,15H,4,9H2,1-3H3,(H,16,17). The van der Waals surface area contributed by atoms with Crippen LogP contribution in [0.2, 0.25) is 0 Å². The van der Waals surface area contributed by atoms with Gasteiger partial charge in [0, 0.05) is 17.6 Å². The third-order valence-corrected chi connectivity index (χ3v) is 5.40. The molecule has 0 spiro atoms. The number of rotatable bonds is 6. The fourth-order valence-electron chi connectivity index (χ4n) is 1.89. The first kappa shape index (κ1) is 15.9. The third-order valence-electron chi connectivity index (χ3n) is 2.96. The fourth-order valence-corrected chi connectivity index (χ4v) is 4.09. The Kier molecular flexibility index (Phi) is 4.97. The second kappa shape index (κ2) is 6.55. The van der Waals surface area contributed by atoms with Gasteiger partial charge in [-0.3, -0.25) is 4.72 Å². The van der Waals surface area contributed by atoms with E-state index in [0.29, 0.717) is 16.6 Å². The molecule has 0 aliphatic carbocycles. The summed E-state index contributed by atoms with van der Waals surface area (Å²) >= 11 is 1.32. The zero-order chi connectivity index (χ0) is 15.5. The molecule has 0 amide bonds. The lowest BCUT2D eigenvalue weighted by molar-refractivity contribution is 0.600. The highest BCUT2D eigenvalue weighted by Crippen LogP contribution is 2.23. The molecule has 5 nitrogen and oxygen atoms in total. The average Bonchev–Trinajstić information content (AvgIpc) is 2.82. The second-order valence-electron chi connectivity index (χ2n) is 4.76. The number of nitrogens with zero attached hydrogens (tertiary/aromatic N) is 1. The lowest BCUT2D eigenvalue weighted by Gasteiger charge is -2.10. The average molecular weight is 325 g/mol. The number of hydrogen-bond acceptors (Lipinski definition) is 5. The number of anilines is 1. The molecule has 1 aromatic carbocycles. The zero-order valence-electron chi connectivity index (χ0n) is 12.3. The molecule has 0 radical (unpaired) electrons. The predicted molar refractivity (Wildman–Crippen MR) is 86.2 cm³/mol. The smallest absolute Gasteiger partial charge is 0.263 e. The van der Waals surface area contributed by atoms with Gasteiger partial charge in [-0.05, 0) is 37.6 Å². The summed E-state index contributed by atoms with van der Waals surface area (Å²) < 4.78 is 27.5. The SMILES string of the molecule is CCNCc1ccc(C)c(S(=O)(=O)Nc2ncc(C)s2)c1. The van der Waals surface area contributed by atoms with Gasteiger partial charge in [0.2, 0.25) is 0 Å². The Morgan fingerprint density at radius 2 is 2.05 bits per heavy atom. The summed E-state index contributed by atoms with van der Waals surface area (Å²) in [5, 5.41) is 3.58. The summed E-state index contributed by atoms with van der Waals surface area (Å²) in [5.74, 6) is 0. The Morgan fingerprint density at radius 1 is 1.29 bits per heavy atom. The van der Waals surface area contributed by atoms with Crippen LogP contribution in [0.1, 0.15) is 22.9 Å². The maximum Gasteiger partial charge on any atom is 0.263 e. The molecule has 0 aliphatic rings. The highest BCUT2D eigenvalue weighted by molar-refractivity contribution is 7.93.